The van der Waals surface area contributed by atoms with Crippen molar-refractivity contribution in [1.82, 2.24) is 0 Å². The van der Waals surface area contributed by atoms with E-state index in [2.05, 4.69) is 5.32 Å². The van der Waals surface area contributed by atoms with Crippen LogP contribution in [-0.4, -0.2) is 18.5 Å². The molecule has 0 bridgehead atoms. The number of aryl methyl sites for hydroxylation is 1. The molecule has 0 spiro atoms. The van der Waals surface area contributed by atoms with Crippen LogP contribution in [0.15, 0.2) is 35.7 Å². The number of rotatable bonds is 4. The Hall–Kier alpha value is -2.21. The number of nitrogens with one attached hydrogen (secondary N) is 1. The van der Waals surface area contributed by atoms with E-state index in [0.29, 0.717) is 4.88 Å². The van der Waals surface area contributed by atoms with Crippen LogP contribution in [0.1, 0.15) is 15.2 Å². The molecule has 0 unspecified atom stereocenters. The van der Waals surface area contributed by atoms with Gasteiger partial charge in [0.1, 0.15) is 10.7 Å². The molecule has 0 aliphatic carbocycles. The summed E-state index contributed by atoms with van der Waals surface area (Å²) in [4.78, 5) is 23.7. The van der Waals surface area contributed by atoms with Gasteiger partial charge in [-0.05, 0) is 36.1 Å². The fourth-order valence-corrected chi connectivity index (χ4v) is 2.34. The van der Waals surface area contributed by atoms with Gasteiger partial charge >= 0.3 is 5.97 Å². The summed E-state index contributed by atoms with van der Waals surface area (Å²) in [5.41, 5.74) is 0.857. The van der Waals surface area contributed by atoms with E-state index in [4.69, 9.17) is 4.74 Å². The smallest absolute Gasteiger partial charge is 0.349 e. The predicted octanol–water partition coefficient (Wildman–Crippen LogP) is 2.99. The fraction of sp³-hybridized carbons (Fsp3) is 0.143. The van der Waals surface area contributed by atoms with Crippen LogP contribution in [0.3, 0.4) is 0 Å². The number of esters is 1. The van der Waals surface area contributed by atoms with Crippen molar-refractivity contribution in [2.45, 2.75) is 6.92 Å². The Morgan fingerprint density at radius 1 is 1.30 bits per heavy atom. The highest BCUT2D eigenvalue weighted by Crippen LogP contribution is 2.16. The van der Waals surface area contributed by atoms with Gasteiger partial charge in [0.05, 0.1) is 5.69 Å². The largest absolute Gasteiger partial charge is 0.451 e. The highest BCUT2D eigenvalue weighted by molar-refractivity contribution is 7.12. The van der Waals surface area contributed by atoms with Crippen LogP contribution >= 0.6 is 11.3 Å². The molecule has 2 aromatic rings. The topological polar surface area (TPSA) is 55.4 Å². The number of carbonyl (C=O) groups is 2. The van der Waals surface area contributed by atoms with Crippen molar-refractivity contribution in [3.8, 4) is 0 Å². The maximum Gasteiger partial charge on any atom is 0.349 e. The lowest BCUT2D eigenvalue weighted by Gasteiger charge is -2.07. The first-order chi connectivity index (χ1) is 9.58. The molecule has 104 valence electrons. The van der Waals surface area contributed by atoms with E-state index in [-0.39, 0.29) is 5.69 Å². The minimum Gasteiger partial charge on any atom is -0.451 e. The van der Waals surface area contributed by atoms with Crippen molar-refractivity contribution in [1.29, 1.82) is 0 Å². The molecule has 0 aliphatic heterocycles. The van der Waals surface area contributed by atoms with Gasteiger partial charge in [-0.15, -0.1) is 11.3 Å². The van der Waals surface area contributed by atoms with Crippen LogP contribution in [0, 0.1) is 12.7 Å². The third-order valence-electron chi connectivity index (χ3n) is 2.53. The molecule has 1 aromatic carbocycles. The lowest BCUT2D eigenvalue weighted by molar-refractivity contribution is -0.119. The Morgan fingerprint density at radius 3 is 2.70 bits per heavy atom. The lowest BCUT2D eigenvalue weighted by Crippen LogP contribution is -2.21. The van der Waals surface area contributed by atoms with E-state index in [9.17, 15) is 14.0 Å². The van der Waals surface area contributed by atoms with Crippen LogP contribution in [0.25, 0.3) is 0 Å². The molecule has 0 radical (unpaired) electrons. The van der Waals surface area contributed by atoms with E-state index in [1.54, 1.807) is 24.4 Å². The van der Waals surface area contributed by atoms with Gasteiger partial charge in [0, 0.05) is 0 Å². The molecule has 0 saturated heterocycles. The lowest BCUT2D eigenvalue weighted by atomic mass is 10.3. The summed E-state index contributed by atoms with van der Waals surface area (Å²) in [7, 11) is 0. The minimum absolute atomic E-state index is 0.0563. The van der Waals surface area contributed by atoms with Gasteiger partial charge in [-0.2, -0.15) is 0 Å². The quantitative estimate of drug-likeness (QED) is 0.882. The monoisotopic (exact) mass is 293 g/mol. The van der Waals surface area contributed by atoms with Gasteiger partial charge in [-0.3, -0.25) is 4.79 Å². The molecule has 1 amide bonds. The summed E-state index contributed by atoms with van der Waals surface area (Å²) in [6.45, 7) is 1.33. The van der Waals surface area contributed by atoms with Crippen molar-refractivity contribution < 1.29 is 18.7 Å². The maximum absolute atomic E-state index is 13.3. The van der Waals surface area contributed by atoms with Crippen LogP contribution in [-0.2, 0) is 9.53 Å². The summed E-state index contributed by atoms with van der Waals surface area (Å²) in [5, 5.41) is 4.11. The summed E-state index contributed by atoms with van der Waals surface area (Å²) in [5.74, 6) is -1.68. The number of thiophene rings is 1. The Kier molecular flexibility index (Phi) is 4.47. The summed E-state index contributed by atoms with van der Waals surface area (Å²) in [6, 6.07) is 7.57. The third-order valence-corrected chi connectivity index (χ3v) is 3.53. The number of hydrogen-bond acceptors (Lipinski definition) is 4. The highest BCUT2D eigenvalue weighted by atomic mass is 32.1. The Labute approximate surface area is 119 Å². The zero-order chi connectivity index (χ0) is 14.5. The van der Waals surface area contributed by atoms with E-state index in [0.717, 1.165) is 5.56 Å². The second-order valence-corrected chi connectivity index (χ2v) is 4.95. The van der Waals surface area contributed by atoms with E-state index in [1.807, 2.05) is 0 Å². The van der Waals surface area contributed by atoms with Gasteiger partial charge in [-0.1, -0.05) is 12.1 Å². The van der Waals surface area contributed by atoms with Gasteiger partial charge < -0.3 is 10.1 Å². The van der Waals surface area contributed by atoms with Crippen molar-refractivity contribution in [3.63, 3.8) is 0 Å². The van der Waals surface area contributed by atoms with Gasteiger partial charge in [0.25, 0.3) is 5.91 Å². The Balaban J connectivity index is 1.89. The molecule has 4 nitrogen and oxygen atoms in total. The standard InChI is InChI=1S/C14H12FNO3S/c1-9-6-7-20-13(9)14(18)19-8-12(17)16-11-5-3-2-4-10(11)15/h2-7H,8H2,1H3,(H,16,17). The molecule has 1 N–H and O–H groups in total. The summed E-state index contributed by atoms with van der Waals surface area (Å²) in [6.07, 6.45) is 0. The zero-order valence-corrected chi connectivity index (χ0v) is 11.5. The molecule has 1 heterocycles. The van der Waals surface area contributed by atoms with Crippen LogP contribution < -0.4 is 5.32 Å². The van der Waals surface area contributed by atoms with Crippen molar-refractivity contribution in [2.75, 3.05) is 11.9 Å². The normalized spacial score (nSPS) is 10.1. The average molecular weight is 293 g/mol. The number of carbonyl (C=O) groups excluding carboxylic acids is 2. The molecule has 1 aromatic heterocycles. The highest BCUT2D eigenvalue weighted by Gasteiger charge is 2.14. The van der Waals surface area contributed by atoms with Crippen LogP contribution in [0.4, 0.5) is 10.1 Å². The van der Waals surface area contributed by atoms with Crippen molar-refractivity contribution in [2.24, 2.45) is 0 Å². The number of hydrogen-bond donors (Lipinski definition) is 1. The average Bonchev–Trinajstić information content (AvgIpc) is 2.85. The predicted molar refractivity (Wildman–Crippen MR) is 74.4 cm³/mol. The van der Waals surface area contributed by atoms with Crippen LogP contribution in [0.5, 0.6) is 0 Å². The molecule has 0 atom stereocenters. The molecule has 0 fully saturated rings. The van der Waals surface area contributed by atoms with E-state index in [1.165, 1.54) is 29.5 Å². The van der Waals surface area contributed by atoms with Gasteiger partial charge in [-0.25, -0.2) is 9.18 Å². The first kappa shape index (κ1) is 14.2. The molecule has 6 heteroatoms. The van der Waals surface area contributed by atoms with Gasteiger partial charge in [0.15, 0.2) is 6.61 Å². The molecular formula is C14H12FNO3S. The SMILES string of the molecule is Cc1ccsc1C(=O)OCC(=O)Nc1ccccc1F. The summed E-state index contributed by atoms with van der Waals surface area (Å²) >= 11 is 1.25. The molecular weight excluding hydrogens is 281 g/mol. The number of para-hydroxylation sites is 1. The third kappa shape index (κ3) is 3.42. The Bertz CT molecular complexity index is 639. The van der Waals surface area contributed by atoms with Crippen LogP contribution in [0.2, 0.25) is 0 Å². The first-order valence-corrected chi connectivity index (χ1v) is 6.71. The van der Waals surface area contributed by atoms with E-state index >= 15 is 0 Å². The molecule has 2 rings (SSSR count). The number of benzene rings is 1. The van der Waals surface area contributed by atoms with Gasteiger partial charge in [0.2, 0.25) is 0 Å². The first-order valence-electron chi connectivity index (χ1n) is 5.83. The maximum atomic E-state index is 13.3. The molecule has 0 saturated carbocycles. The second-order valence-electron chi connectivity index (χ2n) is 4.04. The molecule has 20 heavy (non-hydrogen) atoms. The number of ether oxygens (including phenoxy) is 1. The number of amides is 1. The fourth-order valence-electron chi connectivity index (χ4n) is 1.53. The minimum atomic E-state index is -0.586. The Morgan fingerprint density at radius 2 is 2.05 bits per heavy atom. The van der Waals surface area contributed by atoms with E-state index < -0.39 is 24.3 Å². The van der Waals surface area contributed by atoms with Crippen molar-refractivity contribution in [3.05, 3.63) is 52.0 Å². The second kappa shape index (κ2) is 6.29. The molecule has 0 aliphatic rings. The van der Waals surface area contributed by atoms with Crippen molar-refractivity contribution >= 4 is 28.9 Å². The number of halogens is 1. The summed E-state index contributed by atoms with van der Waals surface area (Å²) < 4.78 is 18.2. The zero-order valence-electron chi connectivity index (χ0n) is 10.7. The number of anilines is 1.